The van der Waals surface area contributed by atoms with Crippen LogP contribution in [-0.2, 0) is 4.74 Å². The zero-order chi connectivity index (χ0) is 8.36. The summed E-state index contributed by atoms with van der Waals surface area (Å²) in [6.45, 7) is 3.05. The monoisotopic (exact) mass is 194 g/mol. The van der Waals surface area contributed by atoms with Gasteiger partial charge in [-0.3, -0.25) is 0 Å². The third-order valence-electron chi connectivity index (χ3n) is 1.15. The summed E-state index contributed by atoms with van der Waals surface area (Å²) in [5, 5.41) is 0. The van der Waals surface area contributed by atoms with E-state index in [4.69, 9.17) is 4.74 Å². The molecule has 0 rings (SSSR count). The molecule has 0 heterocycles. The Kier molecular flexibility index (Phi) is 11.3. The number of rotatable bonds is 8. The Hall–Kier alpha value is 0.660. The van der Waals surface area contributed by atoms with Gasteiger partial charge in [0.15, 0.2) is 0 Å². The van der Waals surface area contributed by atoms with Crippen LogP contribution in [0.25, 0.3) is 0 Å². The molecule has 0 saturated heterocycles. The van der Waals surface area contributed by atoms with Crippen LogP contribution in [0.1, 0.15) is 19.8 Å². The smallest absolute Gasteiger partial charge is 0.0920 e. The zero-order valence-corrected chi connectivity index (χ0v) is 9.10. The topological polar surface area (TPSA) is 9.23 Å². The van der Waals surface area contributed by atoms with Gasteiger partial charge in [-0.25, -0.2) is 0 Å². The second-order valence-electron chi connectivity index (χ2n) is 2.28. The van der Waals surface area contributed by atoms with Crippen molar-refractivity contribution in [2.45, 2.75) is 19.8 Å². The molecular formula is C8H18OS2. The van der Waals surface area contributed by atoms with Gasteiger partial charge in [0.25, 0.3) is 0 Å². The molecule has 0 aliphatic carbocycles. The van der Waals surface area contributed by atoms with Crippen molar-refractivity contribution in [2.24, 2.45) is 0 Å². The molecule has 0 aromatic rings. The molecule has 0 N–H and O–H groups in total. The molecule has 3 heteroatoms. The van der Waals surface area contributed by atoms with E-state index in [0.717, 1.165) is 19.0 Å². The van der Waals surface area contributed by atoms with Crippen molar-refractivity contribution in [2.75, 3.05) is 30.3 Å². The van der Waals surface area contributed by atoms with E-state index >= 15 is 0 Å². The number of ether oxygens (including phenoxy) is 1. The molecule has 0 bridgehead atoms. The van der Waals surface area contributed by atoms with Crippen molar-refractivity contribution in [1.29, 1.82) is 0 Å². The number of hydrogen-bond acceptors (Lipinski definition) is 3. The Bertz CT molecular complexity index is 61.1. The highest BCUT2D eigenvalue weighted by molar-refractivity contribution is 7.99. The molecule has 11 heavy (non-hydrogen) atoms. The van der Waals surface area contributed by atoms with Crippen LogP contribution in [0.4, 0.5) is 0 Å². The van der Waals surface area contributed by atoms with Gasteiger partial charge in [-0.2, -0.15) is 11.8 Å². The van der Waals surface area contributed by atoms with Crippen molar-refractivity contribution >= 4 is 23.5 Å². The fraction of sp³-hybridized carbons (Fsp3) is 1.00. The predicted octanol–water partition coefficient (Wildman–Crippen LogP) is 2.86. The van der Waals surface area contributed by atoms with Crippen molar-refractivity contribution in [3.05, 3.63) is 0 Å². The Morgan fingerprint density at radius 2 is 2.09 bits per heavy atom. The summed E-state index contributed by atoms with van der Waals surface area (Å²) in [6, 6.07) is 0. The van der Waals surface area contributed by atoms with Crippen molar-refractivity contribution in [1.82, 2.24) is 0 Å². The molecule has 0 aromatic heterocycles. The molecule has 0 aliphatic rings. The maximum absolute atomic E-state index is 5.32. The second-order valence-corrected chi connectivity index (χ2v) is 4.32. The van der Waals surface area contributed by atoms with Gasteiger partial charge in [0.2, 0.25) is 0 Å². The lowest BCUT2D eigenvalue weighted by molar-refractivity contribution is 0.183. The van der Waals surface area contributed by atoms with Gasteiger partial charge in [0.05, 0.1) is 5.94 Å². The van der Waals surface area contributed by atoms with Crippen LogP contribution in [0, 0.1) is 0 Å². The van der Waals surface area contributed by atoms with E-state index in [2.05, 4.69) is 13.2 Å². The normalized spacial score (nSPS) is 10.4. The molecule has 68 valence electrons. The molecular weight excluding hydrogens is 176 g/mol. The molecule has 0 atom stereocenters. The molecule has 0 saturated carbocycles. The molecule has 1 nitrogen and oxygen atoms in total. The third-order valence-corrected chi connectivity index (χ3v) is 2.76. The summed E-state index contributed by atoms with van der Waals surface area (Å²) in [5.74, 6) is 3.40. The third kappa shape index (κ3) is 10.7. The molecule has 0 radical (unpaired) electrons. The highest BCUT2D eigenvalue weighted by atomic mass is 32.2. The van der Waals surface area contributed by atoms with Crippen LogP contribution < -0.4 is 0 Å². The average Bonchev–Trinajstić information content (AvgIpc) is 2.03. The van der Waals surface area contributed by atoms with Gasteiger partial charge in [-0.1, -0.05) is 6.92 Å². The fourth-order valence-electron chi connectivity index (χ4n) is 0.626. The molecule has 0 fully saturated rings. The van der Waals surface area contributed by atoms with E-state index in [1.54, 1.807) is 0 Å². The van der Waals surface area contributed by atoms with Crippen molar-refractivity contribution < 1.29 is 4.74 Å². The van der Waals surface area contributed by atoms with Gasteiger partial charge in [-0.15, -0.1) is 11.8 Å². The number of hydrogen-bond donors (Lipinski definition) is 0. The lowest BCUT2D eigenvalue weighted by atomic mass is 10.5. The average molecular weight is 194 g/mol. The minimum absolute atomic E-state index is 0.877. The van der Waals surface area contributed by atoms with Crippen LogP contribution in [0.5, 0.6) is 0 Å². The zero-order valence-electron chi connectivity index (χ0n) is 7.47. The first-order valence-corrected chi connectivity index (χ1v) is 6.61. The van der Waals surface area contributed by atoms with Crippen LogP contribution in [0.15, 0.2) is 0 Å². The van der Waals surface area contributed by atoms with Gasteiger partial charge < -0.3 is 4.74 Å². The lowest BCUT2D eigenvalue weighted by Gasteiger charge is -2.01. The molecule has 0 unspecified atom stereocenters. The van der Waals surface area contributed by atoms with Gasteiger partial charge in [0.1, 0.15) is 0 Å². The van der Waals surface area contributed by atoms with Crippen LogP contribution in [0.3, 0.4) is 0 Å². The Morgan fingerprint density at radius 3 is 2.73 bits per heavy atom. The summed E-state index contributed by atoms with van der Waals surface area (Å²) >= 11 is 3.81. The maximum Gasteiger partial charge on any atom is 0.0920 e. The van der Waals surface area contributed by atoms with Gasteiger partial charge in [-0.05, 0) is 30.6 Å². The minimum atomic E-state index is 0.877. The van der Waals surface area contributed by atoms with Crippen LogP contribution in [0.2, 0.25) is 0 Å². The van der Waals surface area contributed by atoms with E-state index in [0.29, 0.717) is 0 Å². The quantitative estimate of drug-likeness (QED) is 0.434. The van der Waals surface area contributed by atoms with Gasteiger partial charge in [0, 0.05) is 6.61 Å². The van der Waals surface area contributed by atoms with Crippen LogP contribution in [-0.4, -0.2) is 30.3 Å². The van der Waals surface area contributed by atoms with E-state index in [1.807, 2.05) is 23.5 Å². The van der Waals surface area contributed by atoms with E-state index in [1.165, 1.54) is 17.9 Å². The largest absolute Gasteiger partial charge is 0.371 e. The standard InChI is InChI=1S/C8H18OS2/c1-3-5-9-8-11-7-4-6-10-2/h3-8H2,1-2H3. The highest BCUT2D eigenvalue weighted by Crippen LogP contribution is 2.05. The second kappa shape index (κ2) is 10.7. The summed E-state index contributed by atoms with van der Waals surface area (Å²) < 4.78 is 5.32. The highest BCUT2D eigenvalue weighted by Gasteiger charge is 1.88. The first kappa shape index (κ1) is 11.7. The lowest BCUT2D eigenvalue weighted by Crippen LogP contribution is -1.93. The molecule has 0 spiro atoms. The molecule has 0 aromatic carbocycles. The Balaban J connectivity index is 2.69. The predicted molar refractivity (Wildman–Crippen MR) is 56.6 cm³/mol. The number of thioether (sulfide) groups is 2. The molecule has 0 amide bonds. The Labute approximate surface area is 78.7 Å². The summed E-state index contributed by atoms with van der Waals surface area (Å²) in [6.07, 6.45) is 4.59. The van der Waals surface area contributed by atoms with E-state index < -0.39 is 0 Å². The molecule has 0 aliphatic heterocycles. The van der Waals surface area contributed by atoms with Crippen molar-refractivity contribution in [3.63, 3.8) is 0 Å². The van der Waals surface area contributed by atoms with Crippen molar-refractivity contribution in [3.8, 4) is 0 Å². The summed E-state index contributed by atoms with van der Waals surface area (Å²) in [4.78, 5) is 0. The maximum atomic E-state index is 5.32. The summed E-state index contributed by atoms with van der Waals surface area (Å²) in [7, 11) is 0. The van der Waals surface area contributed by atoms with Crippen LogP contribution >= 0.6 is 23.5 Å². The Morgan fingerprint density at radius 1 is 1.27 bits per heavy atom. The summed E-state index contributed by atoms with van der Waals surface area (Å²) in [5.41, 5.74) is 0. The van der Waals surface area contributed by atoms with E-state index in [9.17, 15) is 0 Å². The minimum Gasteiger partial charge on any atom is -0.371 e. The van der Waals surface area contributed by atoms with Gasteiger partial charge >= 0.3 is 0 Å². The first-order chi connectivity index (χ1) is 5.41. The van der Waals surface area contributed by atoms with E-state index in [-0.39, 0.29) is 0 Å². The SMILES string of the molecule is CCCOCSCCCSC. The fourth-order valence-corrected chi connectivity index (χ4v) is 1.94. The first-order valence-electron chi connectivity index (χ1n) is 4.06.